The molecule has 0 fully saturated rings. The highest BCUT2D eigenvalue weighted by atomic mass is 32.2. The Morgan fingerprint density at radius 3 is 2.60 bits per heavy atom. The second kappa shape index (κ2) is 7.74. The summed E-state index contributed by atoms with van der Waals surface area (Å²) in [7, 11) is 0.141. The maximum Gasteiger partial charge on any atom is 0.245 e. The van der Waals surface area contributed by atoms with Gasteiger partial charge in [-0.1, -0.05) is 19.9 Å². The Kier molecular flexibility index (Phi) is 6.11. The lowest BCUT2D eigenvalue weighted by molar-refractivity contribution is 0.195. The highest BCUT2D eigenvalue weighted by Crippen LogP contribution is 2.27. The summed E-state index contributed by atoms with van der Waals surface area (Å²) in [6, 6.07) is 7.01. The molecule has 25 heavy (non-hydrogen) atoms. The normalized spacial score (nSPS) is 12.8. The summed E-state index contributed by atoms with van der Waals surface area (Å²) in [5.74, 6) is 0. The van der Waals surface area contributed by atoms with Gasteiger partial charge in [0, 0.05) is 26.1 Å². The molecule has 136 valence electrons. The molecule has 0 spiro atoms. The minimum atomic E-state index is -3.77. The van der Waals surface area contributed by atoms with Crippen molar-refractivity contribution < 1.29 is 8.42 Å². The van der Waals surface area contributed by atoms with E-state index >= 15 is 0 Å². The van der Waals surface area contributed by atoms with E-state index in [1.807, 2.05) is 38.9 Å². The van der Waals surface area contributed by atoms with Crippen LogP contribution in [0.4, 0.5) is 0 Å². The Bertz CT molecular complexity index is 868. The molecule has 1 aromatic heterocycles. The number of hydrogen-bond acceptors (Lipinski definition) is 7. The summed E-state index contributed by atoms with van der Waals surface area (Å²) in [5.41, 5.74) is 0.694. The average molecular weight is 382 g/mol. The lowest BCUT2D eigenvalue weighted by Crippen LogP contribution is -2.43. The van der Waals surface area contributed by atoms with Crippen molar-refractivity contribution in [2.45, 2.75) is 25.2 Å². The molecule has 0 aliphatic carbocycles. The minimum Gasteiger partial charge on any atom is -0.309 e. The van der Waals surface area contributed by atoms with Crippen molar-refractivity contribution in [1.29, 1.82) is 5.26 Å². The van der Waals surface area contributed by atoms with Crippen LogP contribution in [0.25, 0.3) is 11.0 Å². The van der Waals surface area contributed by atoms with Gasteiger partial charge in [0.1, 0.15) is 15.9 Å². The molecule has 0 saturated heterocycles. The molecular weight excluding hydrogens is 358 g/mol. The van der Waals surface area contributed by atoms with E-state index in [4.69, 9.17) is 5.26 Å². The molecule has 1 heterocycles. The average Bonchev–Trinajstić information content (AvgIpc) is 2.98. The molecule has 9 heteroatoms. The van der Waals surface area contributed by atoms with Gasteiger partial charge >= 0.3 is 0 Å². The zero-order chi connectivity index (χ0) is 18.7. The molecule has 0 bridgehead atoms. The molecular formula is C16H23N5O2S2. The lowest BCUT2D eigenvalue weighted by atomic mass is 9.93. The highest BCUT2D eigenvalue weighted by molar-refractivity contribution is 7.89. The lowest BCUT2D eigenvalue weighted by Gasteiger charge is -2.33. The molecule has 0 saturated carbocycles. The largest absolute Gasteiger partial charge is 0.309 e. The predicted octanol–water partition coefficient (Wildman–Crippen LogP) is 2.18. The number of aromatic nitrogens is 2. The molecule has 0 atom stereocenters. The number of benzene rings is 1. The van der Waals surface area contributed by atoms with Crippen LogP contribution in [0.15, 0.2) is 23.1 Å². The van der Waals surface area contributed by atoms with Crippen LogP contribution in [0, 0.1) is 16.7 Å². The Morgan fingerprint density at radius 1 is 1.24 bits per heavy atom. The van der Waals surface area contributed by atoms with Crippen LogP contribution in [0.3, 0.4) is 0 Å². The summed E-state index contributed by atoms with van der Waals surface area (Å²) in [4.78, 5) is 2.18. The van der Waals surface area contributed by atoms with Gasteiger partial charge in [0.05, 0.1) is 17.8 Å². The smallest absolute Gasteiger partial charge is 0.245 e. The van der Waals surface area contributed by atoms with Gasteiger partial charge in [0.2, 0.25) is 10.0 Å². The van der Waals surface area contributed by atoms with Crippen LogP contribution in [0.2, 0.25) is 0 Å². The number of hydrogen-bond donors (Lipinski definition) is 0. The molecule has 0 aliphatic heterocycles. The van der Waals surface area contributed by atoms with Crippen LogP contribution in [-0.2, 0) is 10.0 Å². The summed E-state index contributed by atoms with van der Waals surface area (Å²) in [6.45, 7) is 5.25. The minimum absolute atomic E-state index is 0.141. The first-order chi connectivity index (χ1) is 11.7. The number of nitrogens with zero attached hydrogens (tertiary/aromatic N) is 5. The molecule has 0 N–H and O–H groups in total. The van der Waals surface area contributed by atoms with Gasteiger partial charge < -0.3 is 4.90 Å². The first kappa shape index (κ1) is 19.7. The monoisotopic (exact) mass is 381 g/mol. The molecule has 7 nitrogen and oxygen atoms in total. The summed E-state index contributed by atoms with van der Waals surface area (Å²) >= 11 is 0.992. The van der Waals surface area contributed by atoms with Crippen LogP contribution in [0.5, 0.6) is 0 Å². The summed E-state index contributed by atoms with van der Waals surface area (Å²) < 4.78 is 36.2. The molecule has 0 aliphatic rings. The van der Waals surface area contributed by atoms with Crippen molar-refractivity contribution in [3.8, 4) is 6.07 Å². The van der Waals surface area contributed by atoms with Crippen molar-refractivity contribution in [3.63, 3.8) is 0 Å². The Balaban J connectivity index is 2.42. The van der Waals surface area contributed by atoms with Gasteiger partial charge in [-0.3, -0.25) is 0 Å². The maximum absolute atomic E-state index is 13.3. The zero-order valence-corrected chi connectivity index (χ0v) is 16.6. The van der Waals surface area contributed by atoms with Crippen LogP contribution < -0.4 is 0 Å². The van der Waals surface area contributed by atoms with Gasteiger partial charge in [0.15, 0.2) is 0 Å². The second-order valence-corrected chi connectivity index (χ2v) is 9.47. The number of sulfonamides is 1. The quantitative estimate of drug-likeness (QED) is 0.696. The molecule has 2 rings (SSSR count). The Labute approximate surface area is 153 Å². The van der Waals surface area contributed by atoms with Crippen LogP contribution in [-0.4, -0.2) is 60.1 Å². The Hall–Kier alpha value is -1.60. The predicted molar refractivity (Wildman–Crippen MR) is 98.7 cm³/mol. The molecule has 2 aromatic rings. The third kappa shape index (κ3) is 4.73. The first-order valence-electron chi connectivity index (χ1n) is 7.90. The van der Waals surface area contributed by atoms with Crippen molar-refractivity contribution in [2.24, 2.45) is 5.41 Å². The standard InChI is InChI=1S/C16H23N5O2S2/c1-16(2,11-20(3)4)12-21(10-6-9-17)25(22,23)14-8-5-7-13-15(14)19-24-18-13/h5,7-8H,6,10-12H2,1-4H3. The number of fused-ring (bicyclic) bond motifs is 1. The molecule has 0 radical (unpaired) electrons. The molecule has 0 amide bonds. The van der Waals surface area contributed by atoms with E-state index in [0.717, 1.165) is 18.3 Å². The topological polar surface area (TPSA) is 90.2 Å². The van der Waals surface area contributed by atoms with Crippen molar-refractivity contribution in [1.82, 2.24) is 18.0 Å². The van der Waals surface area contributed by atoms with Gasteiger partial charge in [-0.05, 0) is 31.6 Å². The summed E-state index contributed by atoms with van der Waals surface area (Å²) in [6.07, 6.45) is 0.141. The van der Waals surface area contributed by atoms with Gasteiger partial charge in [-0.15, -0.1) is 0 Å². The van der Waals surface area contributed by atoms with Gasteiger partial charge in [0.25, 0.3) is 0 Å². The van der Waals surface area contributed by atoms with E-state index in [1.54, 1.807) is 18.2 Å². The fraction of sp³-hybridized carbons (Fsp3) is 0.562. The third-order valence-corrected chi connectivity index (χ3v) is 6.11. The third-order valence-electron chi connectivity index (χ3n) is 3.69. The Morgan fingerprint density at radius 2 is 1.96 bits per heavy atom. The summed E-state index contributed by atoms with van der Waals surface area (Å²) in [5, 5.41) is 8.93. The van der Waals surface area contributed by atoms with Crippen molar-refractivity contribution >= 4 is 32.8 Å². The van der Waals surface area contributed by atoms with E-state index in [2.05, 4.69) is 8.75 Å². The first-order valence-corrected chi connectivity index (χ1v) is 10.1. The maximum atomic E-state index is 13.3. The van der Waals surface area contributed by atoms with Crippen molar-refractivity contribution in [2.75, 3.05) is 33.7 Å². The van der Waals surface area contributed by atoms with E-state index < -0.39 is 10.0 Å². The van der Waals surface area contributed by atoms with E-state index in [9.17, 15) is 8.42 Å². The van der Waals surface area contributed by atoms with Gasteiger partial charge in [-0.25, -0.2) is 8.42 Å². The zero-order valence-electron chi connectivity index (χ0n) is 14.9. The van der Waals surface area contributed by atoms with Crippen LogP contribution in [0.1, 0.15) is 20.3 Å². The van der Waals surface area contributed by atoms with Crippen LogP contribution >= 0.6 is 11.7 Å². The van der Waals surface area contributed by atoms with Crippen molar-refractivity contribution in [3.05, 3.63) is 18.2 Å². The number of nitriles is 1. The molecule has 1 aromatic carbocycles. The fourth-order valence-electron chi connectivity index (χ4n) is 2.97. The number of rotatable bonds is 8. The van der Waals surface area contributed by atoms with E-state index in [-0.39, 0.29) is 23.3 Å². The van der Waals surface area contributed by atoms with E-state index in [1.165, 1.54) is 4.31 Å². The van der Waals surface area contributed by atoms with E-state index in [0.29, 0.717) is 17.6 Å². The second-order valence-electron chi connectivity index (χ2n) is 7.04. The molecule has 0 unspecified atom stereocenters. The van der Waals surface area contributed by atoms with Gasteiger partial charge in [-0.2, -0.15) is 18.3 Å². The SMILES string of the molecule is CN(C)CC(C)(C)CN(CCC#N)S(=O)(=O)c1cccc2nsnc12. The highest BCUT2D eigenvalue weighted by Gasteiger charge is 2.32. The fourth-order valence-corrected chi connectivity index (χ4v) is 5.35.